The van der Waals surface area contributed by atoms with Gasteiger partial charge in [-0.3, -0.25) is 0 Å². The molecule has 3 aromatic carbocycles. The first-order chi connectivity index (χ1) is 14.7. The summed E-state index contributed by atoms with van der Waals surface area (Å²) in [6, 6.07) is 24.2. The van der Waals surface area contributed by atoms with Gasteiger partial charge in [-0.05, 0) is 42.0 Å². The van der Waals surface area contributed by atoms with E-state index in [1.54, 1.807) is 24.3 Å². The average Bonchev–Trinajstić information content (AvgIpc) is 3.28. The SMILES string of the molecule is O=C(O)COc1ccccc1-c1nc(-c2ccc(OCc3ccccc3)cc2)no1. The Morgan fingerprint density at radius 1 is 0.900 bits per heavy atom. The number of ether oxygens (including phenoxy) is 2. The first kappa shape index (κ1) is 19.2. The van der Waals surface area contributed by atoms with Crippen molar-refractivity contribution in [3.63, 3.8) is 0 Å². The number of carbonyl (C=O) groups is 1. The number of carboxylic acids is 1. The van der Waals surface area contributed by atoms with E-state index in [-0.39, 0.29) is 5.89 Å². The average molecular weight is 402 g/mol. The fourth-order valence-corrected chi connectivity index (χ4v) is 2.80. The van der Waals surface area contributed by atoms with Crippen molar-refractivity contribution in [1.29, 1.82) is 0 Å². The zero-order chi connectivity index (χ0) is 20.8. The molecule has 1 aromatic heterocycles. The summed E-state index contributed by atoms with van der Waals surface area (Å²) in [4.78, 5) is 15.2. The van der Waals surface area contributed by atoms with Gasteiger partial charge in [-0.25, -0.2) is 4.79 Å². The minimum atomic E-state index is -1.06. The molecule has 4 aromatic rings. The van der Waals surface area contributed by atoms with Crippen LogP contribution in [0.4, 0.5) is 0 Å². The van der Waals surface area contributed by atoms with Crippen LogP contribution >= 0.6 is 0 Å². The molecule has 150 valence electrons. The summed E-state index contributed by atoms with van der Waals surface area (Å²) in [5, 5.41) is 12.9. The van der Waals surface area contributed by atoms with E-state index >= 15 is 0 Å². The van der Waals surface area contributed by atoms with Crippen LogP contribution in [0, 0.1) is 0 Å². The van der Waals surface area contributed by atoms with Crippen LogP contribution in [0.25, 0.3) is 22.8 Å². The fourth-order valence-electron chi connectivity index (χ4n) is 2.80. The van der Waals surface area contributed by atoms with Gasteiger partial charge in [0.05, 0.1) is 5.56 Å². The van der Waals surface area contributed by atoms with Gasteiger partial charge in [0.25, 0.3) is 5.89 Å². The quantitative estimate of drug-likeness (QED) is 0.465. The molecule has 30 heavy (non-hydrogen) atoms. The lowest BCUT2D eigenvalue weighted by molar-refractivity contribution is -0.139. The van der Waals surface area contributed by atoms with Crippen LogP contribution in [0.2, 0.25) is 0 Å². The first-order valence-electron chi connectivity index (χ1n) is 9.24. The van der Waals surface area contributed by atoms with Crippen LogP contribution < -0.4 is 9.47 Å². The van der Waals surface area contributed by atoms with Gasteiger partial charge in [0.2, 0.25) is 5.82 Å². The van der Waals surface area contributed by atoms with Crippen molar-refractivity contribution >= 4 is 5.97 Å². The van der Waals surface area contributed by atoms with Crippen LogP contribution in [0.5, 0.6) is 11.5 Å². The molecule has 1 N–H and O–H groups in total. The third kappa shape index (κ3) is 4.64. The molecule has 0 saturated heterocycles. The minimum Gasteiger partial charge on any atom is -0.489 e. The van der Waals surface area contributed by atoms with Crippen LogP contribution in [0.15, 0.2) is 83.4 Å². The summed E-state index contributed by atoms with van der Waals surface area (Å²) >= 11 is 0. The second-order valence-corrected chi connectivity index (χ2v) is 6.40. The Hall–Kier alpha value is -4.13. The summed E-state index contributed by atoms with van der Waals surface area (Å²) in [6.07, 6.45) is 0. The van der Waals surface area contributed by atoms with E-state index in [1.165, 1.54) is 0 Å². The lowest BCUT2D eigenvalue weighted by Gasteiger charge is -2.06. The highest BCUT2D eigenvalue weighted by Gasteiger charge is 2.15. The molecular formula is C23H18N2O5. The van der Waals surface area contributed by atoms with E-state index in [0.29, 0.717) is 23.7 Å². The molecule has 0 aliphatic rings. The molecule has 0 saturated carbocycles. The maximum Gasteiger partial charge on any atom is 0.341 e. The number of rotatable bonds is 8. The molecule has 1 heterocycles. The number of aromatic nitrogens is 2. The molecule has 0 aliphatic carbocycles. The van der Waals surface area contributed by atoms with Gasteiger partial charge in [-0.1, -0.05) is 47.6 Å². The van der Waals surface area contributed by atoms with Crippen molar-refractivity contribution in [3.05, 3.63) is 84.4 Å². The van der Waals surface area contributed by atoms with E-state index in [0.717, 1.165) is 16.9 Å². The summed E-state index contributed by atoms with van der Waals surface area (Å²) in [5.41, 5.74) is 2.38. The highest BCUT2D eigenvalue weighted by molar-refractivity contribution is 5.70. The second kappa shape index (κ2) is 8.91. The summed E-state index contributed by atoms with van der Waals surface area (Å²) in [6.45, 7) is 0.0299. The van der Waals surface area contributed by atoms with Gasteiger partial charge in [0.15, 0.2) is 6.61 Å². The maximum absolute atomic E-state index is 10.8. The fraction of sp³-hybridized carbons (Fsp3) is 0.0870. The third-order valence-electron chi connectivity index (χ3n) is 4.26. The summed E-state index contributed by atoms with van der Waals surface area (Å²) in [7, 11) is 0. The maximum atomic E-state index is 10.8. The van der Waals surface area contributed by atoms with Gasteiger partial charge in [-0.15, -0.1) is 0 Å². The van der Waals surface area contributed by atoms with Crippen molar-refractivity contribution < 1.29 is 23.9 Å². The third-order valence-corrected chi connectivity index (χ3v) is 4.26. The lowest BCUT2D eigenvalue weighted by Crippen LogP contribution is -2.09. The molecule has 0 radical (unpaired) electrons. The number of benzene rings is 3. The summed E-state index contributed by atoms with van der Waals surface area (Å²) < 4.78 is 16.5. The highest BCUT2D eigenvalue weighted by atomic mass is 16.5. The van der Waals surface area contributed by atoms with Crippen LogP contribution in [0.1, 0.15) is 5.56 Å². The predicted octanol–water partition coefficient (Wildman–Crippen LogP) is 4.45. The Labute approximate surface area is 172 Å². The highest BCUT2D eigenvalue weighted by Crippen LogP contribution is 2.30. The van der Waals surface area contributed by atoms with Gasteiger partial charge in [-0.2, -0.15) is 4.98 Å². The monoisotopic (exact) mass is 402 g/mol. The molecule has 0 amide bonds. The van der Waals surface area contributed by atoms with Gasteiger partial charge < -0.3 is 19.1 Å². The Bertz CT molecular complexity index is 1120. The molecule has 0 aliphatic heterocycles. The van der Waals surface area contributed by atoms with Crippen LogP contribution in [-0.4, -0.2) is 27.8 Å². The zero-order valence-corrected chi connectivity index (χ0v) is 15.9. The Morgan fingerprint density at radius 3 is 2.40 bits per heavy atom. The van der Waals surface area contributed by atoms with E-state index in [4.69, 9.17) is 19.1 Å². The largest absolute Gasteiger partial charge is 0.489 e. The van der Waals surface area contributed by atoms with Crippen molar-refractivity contribution in [2.75, 3.05) is 6.61 Å². The topological polar surface area (TPSA) is 94.7 Å². The molecule has 7 heteroatoms. The molecule has 0 bridgehead atoms. The zero-order valence-electron chi connectivity index (χ0n) is 15.9. The van der Waals surface area contributed by atoms with Crippen molar-refractivity contribution in [2.24, 2.45) is 0 Å². The number of aliphatic carboxylic acids is 1. The molecule has 7 nitrogen and oxygen atoms in total. The minimum absolute atomic E-state index is 0.246. The lowest BCUT2D eigenvalue weighted by atomic mass is 10.2. The van der Waals surface area contributed by atoms with Crippen LogP contribution in [0.3, 0.4) is 0 Å². The van der Waals surface area contributed by atoms with Gasteiger partial charge >= 0.3 is 5.97 Å². The smallest absolute Gasteiger partial charge is 0.341 e. The molecule has 0 spiro atoms. The standard InChI is InChI=1S/C23H18N2O5/c26-21(27)15-29-20-9-5-4-8-19(20)23-24-22(25-30-23)17-10-12-18(13-11-17)28-14-16-6-2-1-3-7-16/h1-13H,14-15H2,(H,26,27). The Balaban J connectivity index is 1.47. The molecule has 0 fully saturated rings. The van der Waals surface area contributed by atoms with Crippen molar-refractivity contribution in [2.45, 2.75) is 6.61 Å². The number of hydrogen-bond donors (Lipinski definition) is 1. The van der Waals surface area contributed by atoms with Crippen molar-refractivity contribution in [3.8, 4) is 34.3 Å². The van der Waals surface area contributed by atoms with Gasteiger partial charge in [0.1, 0.15) is 18.1 Å². The van der Waals surface area contributed by atoms with E-state index in [2.05, 4.69) is 10.1 Å². The van der Waals surface area contributed by atoms with E-state index < -0.39 is 12.6 Å². The van der Waals surface area contributed by atoms with Crippen molar-refractivity contribution in [1.82, 2.24) is 10.1 Å². The molecule has 4 rings (SSSR count). The Morgan fingerprint density at radius 2 is 1.63 bits per heavy atom. The normalized spacial score (nSPS) is 10.5. The summed E-state index contributed by atoms with van der Waals surface area (Å²) in [5.74, 6) is 0.687. The number of para-hydroxylation sites is 1. The number of carboxylic acid groups (broad SMARTS) is 1. The predicted molar refractivity (Wildman–Crippen MR) is 109 cm³/mol. The number of nitrogens with zero attached hydrogens (tertiary/aromatic N) is 2. The van der Waals surface area contributed by atoms with Gasteiger partial charge in [0, 0.05) is 5.56 Å². The Kier molecular flexibility index (Phi) is 5.70. The molecule has 0 atom stereocenters. The second-order valence-electron chi connectivity index (χ2n) is 6.40. The molecule has 0 unspecified atom stereocenters. The number of hydrogen-bond acceptors (Lipinski definition) is 6. The van der Waals surface area contributed by atoms with Crippen LogP contribution in [-0.2, 0) is 11.4 Å². The van der Waals surface area contributed by atoms with E-state index in [9.17, 15) is 4.79 Å². The first-order valence-corrected chi connectivity index (χ1v) is 9.24. The molecular weight excluding hydrogens is 384 g/mol. The van der Waals surface area contributed by atoms with E-state index in [1.807, 2.05) is 54.6 Å².